The van der Waals surface area contributed by atoms with Crippen molar-refractivity contribution in [1.82, 2.24) is 4.90 Å². The van der Waals surface area contributed by atoms with Crippen molar-refractivity contribution >= 4 is 11.9 Å². The summed E-state index contributed by atoms with van der Waals surface area (Å²) in [7, 11) is 1.34. The number of rotatable bonds is 2. The van der Waals surface area contributed by atoms with Gasteiger partial charge in [0.1, 0.15) is 6.54 Å². The molecule has 2 unspecified atom stereocenters. The standard InChI is InChI=1S/C8H11NO3/c1-12-7(10)4-9-3-5-2-6(5)8(9)11/h5-6H,2-4H2,1H3. The summed E-state index contributed by atoms with van der Waals surface area (Å²) in [4.78, 5) is 23.7. The van der Waals surface area contributed by atoms with Gasteiger partial charge in [0.05, 0.1) is 7.11 Å². The number of methoxy groups -OCH3 is 1. The first kappa shape index (κ1) is 7.58. The molecule has 2 fully saturated rings. The van der Waals surface area contributed by atoms with Crippen LogP contribution in [0.4, 0.5) is 0 Å². The van der Waals surface area contributed by atoms with Gasteiger partial charge in [-0.3, -0.25) is 9.59 Å². The number of carbonyl (C=O) groups is 2. The average molecular weight is 169 g/mol. The highest BCUT2D eigenvalue weighted by atomic mass is 16.5. The Morgan fingerprint density at radius 2 is 2.50 bits per heavy atom. The van der Waals surface area contributed by atoms with E-state index in [9.17, 15) is 9.59 Å². The Morgan fingerprint density at radius 3 is 3.00 bits per heavy atom. The Kier molecular flexibility index (Phi) is 1.56. The summed E-state index contributed by atoms with van der Waals surface area (Å²) in [6, 6.07) is 0. The molecule has 0 bridgehead atoms. The Morgan fingerprint density at radius 1 is 1.75 bits per heavy atom. The molecule has 2 rings (SSSR count). The topological polar surface area (TPSA) is 46.6 Å². The van der Waals surface area contributed by atoms with Crippen LogP contribution in [0.3, 0.4) is 0 Å². The molecule has 1 heterocycles. The van der Waals surface area contributed by atoms with Crippen molar-refractivity contribution in [3.63, 3.8) is 0 Å². The van der Waals surface area contributed by atoms with Gasteiger partial charge in [-0.25, -0.2) is 0 Å². The van der Waals surface area contributed by atoms with E-state index in [0.29, 0.717) is 5.92 Å². The first-order chi connectivity index (χ1) is 5.72. The van der Waals surface area contributed by atoms with Crippen LogP contribution in [0, 0.1) is 11.8 Å². The number of carbonyl (C=O) groups excluding carboxylic acids is 2. The van der Waals surface area contributed by atoms with Crippen molar-refractivity contribution in [2.45, 2.75) is 6.42 Å². The fourth-order valence-corrected chi connectivity index (χ4v) is 1.72. The van der Waals surface area contributed by atoms with E-state index >= 15 is 0 Å². The van der Waals surface area contributed by atoms with Gasteiger partial charge in [0, 0.05) is 12.5 Å². The van der Waals surface area contributed by atoms with E-state index in [-0.39, 0.29) is 24.3 Å². The molecule has 66 valence electrons. The maximum Gasteiger partial charge on any atom is 0.325 e. The van der Waals surface area contributed by atoms with Gasteiger partial charge >= 0.3 is 5.97 Å². The zero-order valence-electron chi connectivity index (χ0n) is 6.95. The minimum Gasteiger partial charge on any atom is -0.468 e. The highest BCUT2D eigenvalue weighted by Gasteiger charge is 2.52. The van der Waals surface area contributed by atoms with Crippen molar-refractivity contribution in [3.8, 4) is 0 Å². The summed E-state index contributed by atoms with van der Waals surface area (Å²) in [6.07, 6.45) is 1.02. The Bertz CT molecular complexity index is 238. The van der Waals surface area contributed by atoms with Gasteiger partial charge in [0.15, 0.2) is 0 Å². The predicted octanol–water partition coefficient (Wildman–Crippen LogP) is -0.362. The van der Waals surface area contributed by atoms with Gasteiger partial charge in [0.2, 0.25) is 5.91 Å². The third-order valence-corrected chi connectivity index (χ3v) is 2.55. The van der Waals surface area contributed by atoms with Crippen LogP contribution >= 0.6 is 0 Å². The van der Waals surface area contributed by atoms with Crippen LogP contribution in [0.2, 0.25) is 0 Å². The first-order valence-corrected chi connectivity index (χ1v) is 4.08. The summed E-state index contributed by atoms with van der Waals surface area (Å²) in [6.45, 7) is 0.876. The molecule has 2 atom stereocenters. The van der Waals surface area contributed by atoms with Crippen LogP contribution in [-0.4, -0.2) is 37.0 Å². The predicted molar refractivity (Wildman–Crippen MR) is 40.2 cm³/mol. The van der Waals surface area contributed by atoms with Crippen molar-refractivity contribution in [2.75, 3.05) is 20.2 Å². The van der Waals surface area contributed by atoms with E-state index in [2.05, 4.69) is 4.74 Å². The molecule has 2 aliphatic rings. The molecule has 0 aromatic carbocycles. The Balaban J connectivity index is 1.90. The van der Waals surface area contributed by atoms with E-state index < -0.39 is 0 Å². The summed E-state index contributed by atoms with van der Waals surface area (Å²) in [5.41, 5.74) is 0. The lowest BCUT2D eigenvalue weighted by atomic mass is 10.4. The smallest absolute Gasteiger partial charge is 0.325 e. The fourth-order valence-electron chi connectivity index (χ4n) is 1.72. The molecule has 1 aliphatic carbocycles. The third kappa shape index (κ3) is 1.07. The number of amides is 1. The quantitative estimate of drug-likeness (QED) is 0.530. The molecular formula is C8H11NO3. The van der Waals surface area contributed by atoms with E-state index in [0.717, 1.165) is 13.0 Å². The van der Waals surface area contributed by atoms with E-state index in [1.807, 2.05) is 0 Å². The molecule has 1 saturated carbocycles. The van der Waals surface area contributed by atoms with Crippen LogP contribution < -0.4 is 0 Å². The summed E-state index contributed by atoms with van der Waals surface area (Å²) in [5, 5.41) is 0. The summed E-state index contributed by atoms with van der Waals surface area (Å²) >= 11 is 0. The SMILES string of the molecule is COC(=O)CN1CC2CC2C1=O. The second-order valence-corrected chi connectivity index (χ2v) is 3.40. The van der Waals surface area contributed by atoms with Crippen molar-refractivity contribution < 1.29 is 14.3 Å². The molecule has 4 heteroatoms. The lowest BCUT2D eigenvalue weighted by Gasteiger charge is -2.15. The maximum atomic E-state index is 11.3. The molecule has 1 aliphatic heterocycles. The van der Waals surface area contributed by atoms with Crippen LogP contribution in [0.1, 0.15) is 6.42 Å². The lowest BCUT2D eigenvalue weighted by Crippen LogP contribution is -2.34. The van der Waals surface area contributed by atoms with Gasteiger partial charge in [-0.1, -0.05) is 0 Å². The van der Waals surface area contributed by atoms with Crippen LogP contribution in [0.5, 0.6) is 0 Å². The van der Waals surface area contributed by atoms with E-state index in [4.69, 9.17) is 0 Å². The number of esters is 1. The molecule has 12 heavy (non-hydrogen) atoms. The van der Waals surface area contributed by atoms with Crippen LogP contribution in [0.25, 0.3) is 0 Å². The Hall–Kier alpha value is -1.06. The normalized spacial score (nSPS) is 31.8. The molecule has 1 saturated heterocycles. The average Bonchev–Trinajstić information content (AvgIpc) is 2.75. The molecule has 0 N–H and O–H groups in total. The summed E-state index contributed by atoms with van der Waals surface area (Å²) in [5.74, 6) is 0.562. The van der Waals surface area contributed by atoms with E-state index in [1.165, 1.54) is 7.11 Å². The molecular weight excluding hydrogens is 158 g/mol. The highest BCUT2D eigenvalue weighted by Crippen LogP contribution is 2.45. The second-order valence-electron chi connectivity index (χ2n) is 3.40. The zero-order chi connectivity index (χ0) is 8.72. The lowest BCUT2D eigenvalue weighted by molar-refractivity contribution is -0.146. The number of hydrogen-bond acceptors (Lipinski definition) is 3. The Labute approximate surface area is 70.5 Å². The molecule has 1 amide bonds. The van der Waals surface area contributed by atoms with Crippen LogP contribution in [-0.2, 0) is 14.3 Å². The number of ether oxygens (including phenoxy) is 1. The fraction of sp³-hybridized carbons (Fsp3) is 0.750. The van der Waals surface area contributed by atoms with Gasteiger partial charge < -0.3 is 9.64 Å². The van der Waals surface area contributed by atoms with Gasteiger partial charge in [-0.05, 0) is 12.3 Å². The maximum absolute atomic E-state index is 11.3. The molecule has 0 aromatic rings. The highest BCUT2D eigenvalue weighted by molar-refractivity contribution is 5.87. The first-order valence-electron chi connectivity index (χ1n) is 4.08. The van der Waals surface area contributed by atoms with Crippen molar-refractivity contribution in [3.05, 3.63) is 0 Å². The molecule has 0 aromatic heterocycles. The molecule has 4 nitrogen and oxygen atoms in total. The largest absolute Gasteiger partial charge is 0.468 e. The number of hydrogen-bond donors (Lipinski definition) is 0. The monoisotopic (exact) mass is 169 g/mol. The number of piperidine rings is 1. The summed E-state index contributed by atoms with van der Waals surface area (Å²) < 4.78 is 4.48. The third-order valence-electron chi connectivity index (χ3n) is 2.55. The van der Waals surface area contributed by atoms with Crippen molar-refractivity contribution in [2.24, 2.45) is 11.8 Å². The minimum atomic E-state index is -0.329. The molecule has 0 spiro atoms. The number of nitrogens with zero attached hydrogens (tertiary/aromatic N) is 1. The van der Waals surface area contributed by atoms with Crippen LogP contribution in [0.15, 0.2) is 0 Å². The van der Waals surface area contributed by atoms with Gasteiger partial charge in [-0.2, -0.15) is 0 Å². The van der Waals surface area contributed by atoms with Gasteiger partial charge in [-0.15, -0.1) is 0 Å². The number of fused-ring (bicyclic) bond motifs is 1. The minimum absolute atomic E-state index is 0.127. The zero-order valence-corrected chi connectivity index (χ0v) is 6.95. The van der Waals surface area contributed by atoms with Gasteiger partial charge in [0.25, 0.3) is 0 Å². The number of likely N-dealkylation sites (tertiary alicyclic amines) is 1. The second kappa shape index (κ2) is 2.47. The van der Waals surface area contributed by atoms with Crippen molar-refractivity contribution in [1.29, 1.82) is 0 Å². The van der Waals surface area contributed by atoms with E-state index in [1.54, 1.807) is 4.90 Å². The molecule has 0 radical (unpaired) electrons.